The van der Waals surface area contributed by atoms with Crippen LogP contribution in [0.2, 0.25) is 0 Å². The maximum absolute atomic E-state index is 13.8. The highest BCUT2D eigenvalue weighted by atomic mass is 19.1. The average molecular weight is 568 g/mol. The number of carbonyl (C=O) groups is 2. The first kappa shape index (κ1) is 26.9. The van der Waals surface area contributed by atoms with Gasteiger partial charge in [0.25, 0.3) is 5.91 Å². The smallest absolute Gasteiger partial charge is 0.269 e. The van der Waals surface area contributed by atoms with Gasteiger partial charge in [0, 0.05) is 41.9 Å². The van der Waals surface area contributed by atoms with Crippen LogP contribution in [0.4, 0.5) is 10.2 Å². The quantitative estimate of drug-likeness (QED) is 0.362. The number of aromatic amines is 1. The first-order valence-electron chi connectivity index (χ1n) is 14.9. The number of nitrogens with zero attached hydrogens (tertiary/aromatic N) is 3. The number of allylic oxidation sites excluding steroid dienone is 1. The van der Waals surface area contributed by atoms with Crippen LogP contribution in [0.15, 0.2) is 53.7 Å². The molecule has 3 aliphatic carbocycles. The summed E-state index contributed by atoms with van der Waals surface area (Å²) >= 11 is 0. The van der Waals surface area contributed by atoms with Gasteiger partial charge in [-0.3, -0.25) is 19.7 Å². The molecule has 8 nitrogen and oxygen atoms in total. The van der Waals surface area contributed by atoms with E-state index in [1.165, 1.54) is 12.1 Å². The molecule has 3 heterocycles. The van der Waals surface area contributed by atoms with Crippen LogP contribution in [0.1, 0.15) is 79.0 Å². The SMILES string of the molecule is O=C(NCC1CC(O)C1)c1[nH]nc2c1C(/C=C/c1ccc(-c3cccc(F)c3)cn1)C1C(=O)CC3(CCCC3)CC1=N2. The Kier molecular flexibility index (Phi) is 6.85. The second-order valence-corrected chi connectivity index (χ2v) is 12.5. The first-order valence-corrected chi connectivity index (χ1v) is 14.9. The van der Waals surface area contributed by atoms with E-state index in [4.69, 9.17) is 4.99 Å². The number of Topliss-reactive ketones (excluding diaryl/α,β-unsaturated/α-hetero) is 1. The number of amides is 1. The third-order valence-electron chi connectivity index (χ3n) is 9.61. The zero-order chi connectivity index (χ0) is 28.8. The van der Waals surface area contributed by atoms with Crippen molar-refractivity contribution >= 4 is 29.3 Å². The number of nitrogens with one attached hydrogen (secondary N) is 2. The van der Waals surface area contributed by atoms with Crippen molar-refractivity contribution < 1.29 is 19.1 Å². The van der Waals surface area contributed by atoms with Crippen LogP contribution in [0.3, 0.4) is 0 Å². The number of aliphatic imine (C=N–C) groups is 1. The number of carbonyl (C=O) groups excluding carboxylic acids is 2. The number of pyridine rings is 1. The molecule has 2 unspecified atom stereocenters. The zero-order valence-electron chi connectivity index (χ0n) is 23.4. The highest BCUT2D eigenvalue weighted by molar-refractivity contribution is 6.11. The fraction of sp³-hybridized carbons (Fsp3) is 0.424. The summed E-state index contributed by atoms with van der Waals surface area (Å²) in [7, 11) is 0. The van der Waals surface area contributed by atoms with Gasteiger partial charge in [-0.1, -0.05) is 37.1 Å². The Morgan fingerprint density at radius 1 is 1.14 bits per heavy atom. The minimum absolute atomic E-state index is 0.00364. The topological polar surface area (TPSA) is 120 Å². The van der Waals surface area contributed by atoms with Gasteiger partial charge in [0.15, 0.2) is 5.82 Å². The van der Waals surface area contributed by atoms with E-state index < -0.39 is 11.8 Å². The van der Waals surface area contributed by atoms with Crippen molar-refractivity contribution in [3.63, 3.8) is 0 Å². The van der Waals surface area contributed by atoms with E-state index in [2.05, 4.69) is 20.5 Å². The molecule has 3 saturated carbocycles. The van der Waals surface area contributed by atoms with Gasteiger partial charge in [0.1, 0.15) is 17.3 Å². The Balaban J connectivity index is 1.20. The number of hydrogen-bond donors (Lipinski definition) is 3. The van der Waals surface area contributed by atoms with E-state index in [9.17, 15) is 19.1 Å². The molecular weight excluding hydrogens is 533 g/mol. The molecule has 3 aromatic rings. The Hall–Kier alpha value is -3.98. The van der Waals surface area contributed by atoms with Crippen molar-refractivity contribution in [2.45, 2.75) is 63.4 Å². The fourth-order valence-corrected chi connectivity index (χ4v) is 7.38. The predicted molar refractivity (Wildman–Crippen MR) is 157 cm³/mol. The Morgan fingerprint density at radius 2 is 1.98 bits per heavy atom. The zero-order valence-corrected chi connectivity index (χ0v) is 23.4. The average Bonchev–Trinajstić information content (AvgIpc) is 3.60. The molecule has 1 aromatic carbocycles. The van der Waals surface area contributed by atoms with Crippen LogP contribution in [0.25, 0.3) is 17.2 Å². The molecule has 2 aromatic heterocycles. The van der Waals surface area contributed by atoms with Gasteiger partial charge in [-0.25, -0.2) is 9.38 Å². The maximum Gasteiger partial charge on any atom is 0.269 e. The molecule has 4 aliphatic rings. The lowest BCUT2D eigenvalue weighted by Crippen LogP contribution is -2.43. The van der Waals surface area contributed by atoms with Crippen molar-refractivity contribution in [3.8, 4) is 11.1 Å². The molecule has 216 valence electrons. The number of aromatic nitrogens is 3. The van der Waals surface area contributed by atoms with Crippen LogP contribution in [0, 0.1) is 23.1 Å². The highest BCUT2D eigenvalue weighted by Crippen LogP contribution is 2.53. The number of aliphatic hydroxyl groups is 1. The minimum Gasteiger partial charge on any atom is -0.393 e. The Bertz CT molecular complexity index is 1580. The first-order chi connectivity index (χ1) is 20.4. The number of benzene rings is 1. The van der Waals surface area contributed by atoms with E-state index >= 15 is 0 Å². The van der Waals surface area contributed by atoms with Crippen molar-refractivity contribution in [3.05, 3.63) is 71.4 Å². The molecule has 0 radical (unpaired) electrons. The summed E-state index contributed by atoms with van der Waals surface area (Å²) in [5, 5.41) is 19.9. The molecule has 0 saturated heterocycles. The molecule has 42 heavy (non-hydrogen) atoms. The second-order valence-electron chi connectivity index (χ2n) is 12.5. The molecule has 1 amide bonds. The molecule has 2 atom stereocenters. The number of aliphatic hydroxyl groups excluding tert-OH is 1. The maximum atomic E-state index is 13.8. The standard InChI is InChI=1S/C33H34FN5O3/c34-22-5-3-4-20(14-22)21-6-7-23(35-18-21)8-9-25-28-26(15-33(16-27(28)41)10-1-2-11-33)37-31-29(25)30(38-39-31)32(42)36-17-19-12-24(40)13-19/h3-9,14,18-19,24-25,28,40H,1-2,10-13,15-17H2,(H,36,42)(H,38,39)/b9-8+. The molecule has 0 bridgehead atoms. The van der Waals surface area contributed by atoms with Gasteiger partial charge < -0.3 is 10.4 Å². The fourth-order valence-electron chi connectivity index (χ4n) is 7.38. The monoisotopic (exact) mass is 567 g/mol. The van der Waals surface area contributed by atoms with Crippen molar-refractivity contribution in [1.82, 2.24) is 20.5 Å². The van der Waals surface area contributed by atoms with E-state index in [0.29, 0.717) is 48.6 Å². The van der Waals surface area contributed by atoms with Crippen LogP contribution in [0.5, 0.6) is 0 Å². The van der Waals surface area contributed by atoms with E-state index in [0.717, 1.165) is 48.9 Å². The molecule has 9 heteroatoms. The summed E-state index contributed by atoms with van der Waals surface area (Å²) < 4.78 is 13.7. The summed E-state index contributed by atoms with van der Waals surface area (Å²) in [6.07, 6.45) is 12.3. The molecule has 3 fully saturated rings. The molecule has 3 N–H and O–H groups in total. The minimum atomic E-state index is -0.447. The molecular formula is C33H34FN5O3. The molecule has 1 aliphatic heterocycles. The predicted octanol–water partition coefficient (Wildman–Crippen LogP) is 5.53. The van der Waals surface area contributed by atoms with Crippen molar-refractivity contribution in [2.75, 3.05) is 6.54 Å². The summed E-state index contributed by atoms with van der Waals surface area (Å²) in [6, 6.07) is 10.1. The lowest BCUT2D eigenvalue weighted by molar-refractivity contribution is -0.124. The number of halogens is 1. The van der Waals surface area contributed by atoms with Crippen LogP contribution in [-0.4, -0.2) is 50.3 Å². The van der Waals surface area contributed by atoms with Gasteiger partial charge in [-0.2, -0.15) is 5.10 Å². The normalized spacial score (nSPS) is 26.0. The summed E-state index contributed by atoms with van der Waals surface area (Å²) in [4.78, 5) is 36.6. The third kappa shape index (κ3) is 5.00. The van der Waals surface area contributed by atoms with E-state index in [-0.39, 0.29) is 34.9 Å². The lowest BCUT2D eigenvalue weighted by Gasteiger charge is -2.41. The number of fused-ring (bicyclic) bond motifs is 2. The summed E-state index contributed by atoms with van der Waals surface area (Å²) in [6.45, 7) is 0.477. The Morgan fingerprint density at radius 3 is 2.71 bits per heavy atom. The third-order valence-corrected chi connectivity index (χ3v) is 9.61. The van der Waals surface area contributed by atoms with Crippen molar-refractivity contribution in [1.29, 1.82) is 0 Å². The number of hydrogen-bond acceptors (Lipinski definition) is 6. The van der Waals surface area contributed by atoms with Crippen LogP contribution in [-0.2, 0) is 4.79 Å². The summed E-state index contributed by atoms with van der Waals surface area (Å²) in [5.41, 5.74) is 4.06. The molecule has 1 spiro atoms. The second kappa shape index (κ2) is 10.7. The number of ketones is 1. The van der Waals surface area contributed by atoms with Crippen LogP contribution < -0.4 is 5.32 Å². The molecule has 7 rings (SSSR count). The number of H-pyrrole nitrogens is 1. The number of rotatable bonds is 6. The summed E-state index contributed by atoms with van der Waals surface area (Å²) in [5.74, 6) is -0.540. The van der Waals surface area contributed by atoms with E-state index in [1.807, 2.05) is 30.4 Å². The van der Waals surface area contributed by atoms with Crippen LogP contribution >= 0.6 is 0 Å². The van der Waals surface area contributed by atoms with Gasteiger partial charge in [-0.15, -0.1) is 0 Å². The highest BCUT2D eigenvalue weighted by Gasteiger charge is 2.50. The van der Waals surface area contributed by atoms with Gasteiger partial charge >= 0.3 is 0 Å². The van der Waals surface area contributed by atoms with Crippen molar-refractivity contribution in [2.24, 2.45) is 22.2 Å². The Labute approximate surface area is 243 Å². The van der Waals surface area contributed by atoms with E-state index in [1.54, 1.807) is 12.3 Å². The van der Waals surface area contributed by atoms with Gasteiger partial charge in [0.2, 0.25) is 0 Å². The van der Waals surface area contributed by atoms with Gasteiger partial charge in [0.05, 0.1) is 17.7 Å². The largest absolute Gasteiger partial charge is 0.393 e. The lowest BCUT2D eigenvalue weighted by atomic mass is 9.63. The van der Waals surface area contributed by atoms with Gasteiger partial charge in [-0.05, 0) is 73.3 Å².